The first-order chi connectivity index (χ1) is 49.1. The molecule has 105 heavy (non-hydrogen) atoms. The molecule has 13 atom stereocenters. The van der Waals surface area contributed by atoms with Crippen LogP contribution in [-0.4, -0.2) is 195 Å². The van der Waals surface area contributed by atoms with E-state index in [0.717, 1.165) is 0 Å². The van der Waals surface area contributed by atoms with Gasteiger partial charge in [-0.05, 0) is 103 Å². The number of aromatic nitrogens is 1. The molecule has 0 aliphatic rings. The van der Waals surface area contributed by atoms with E-state index < -0.39 is 180 Å². The van der Waals surface area contributed by atoms with Gasteiger partial charge < -0.3 is 101 Å². The predicted octanol–water partition coefficient (Wildman–Crippen LogP) is -0.284. The van der Waals surface area contributed by atoms with Crippen LogP contribution in [0.5, 0.6) is 0 Å². The summed E-state index contributed by atoms with van der Waals surface area (Å²) in [7, 11) is 0. The molecule has 21 N–H and O–H groups in total. The van der Waals surface area contributed by atoms with Gasteiger partial charge in [0, 0.05) is 37.5 Å². The minimum absolute atomic E-state index is 0.0226. The number of hydrogen-bond acceptors (Lipinski definition) is 19. The molecular formula is C72H112N16O17. The molecule has 0 aliphatic heterocycles. The Balaban J connectivity index is 1.97. The van der Waals surface area contributed by atoms with Gasteiger partial charge in [0.25, 0.3) is 0 Å². The molecule has 33 heteroatoms. The van der Waals surface area contributed by atoms with Crippen LogP contribution in [0.2, 0.25) is 0 Å². The molecule has 0 spiro atoms. The van der Waals surface area contributed by atoms with Gasteiger partial charge in [-0.25, -0.2) is 9.59 Å². The lowest BCUT2D eigenvalue weighted by atomic mass is 9.86. The number of rotatable bonds is 42. The highest BCUT2D eigenvalue weighted by atomic mass is 16.5. The van der Waals surface area contributed by atoms with Gasteiger partial charge in [0.2, 0.25) is 59.1 Å². The largest absolute Gasteiger partial charge is 0.480 e. The van der Waals surface area contributed by atoms with Crippen molar-refractivity contribution in [3.8, 4) is 0 Å². The molecule has 2 aromatic carbocycles. The first kappa shape index (κ1) is 89.2. The van der Waals surface area contributed by atoms with E-state index in [1.165, 1.54) is 19.3 Å². The Morgan fingerprint density at radius 3 is 1.59 bits per heavy atom. The standard InChI is InChI=1S/C72H112N16O17/c1-14-41(6)55(66(100)87-56(42(7)90)65(99)78-36-54(91)79-49(32-45-24-19-27-76-35-45)61(95)84-53(37-89)68(102)103)86-59(93)47(26-20-28-77-69(74)75)80-60(94)48(29-39(2)3)82-67(101)57(58(92)40(4)5)88-62(96)50(31-44-23-18-25-46(73)30-44)81-63(97)51(33-71(8,9)10)83-64(98)52(34-72(11,12)13)85-70(104)105-38-43-21-16-15-17-22-43/h15-19,21-25,27,30,35,39-42,47-53,55-58,89-90,92H,14,20,26,28-29,31-34,36-38,73H2,1-13H3,(H,78,99)(H,79,91)(H,80,94)(H,81,97)(H,82,101)(H,83,98)(H,84,95)(H,85,104)(H,86,93)(H,87,100)(H,88,96)(H,102,103)(H4,74,75,77)/t41-,42-,47+,48-,49-,50-,51-,52+,53-,55-,56-,57-,58?/m0/s1. The quantitative estimate of drug-likeness (QED) is 0.0150. The number of nitrogens with two attached hydrogens (primary N) is 3. The zero-order valence-corrected chi connectivity index (χ0v) is 62.4. The third-order valence-electron chi connectivity index (χ3n) is 16.5. The lowest BCUT2D eigenvalue weighted by molar-refractivity contribution is -0.143. The fourth-order valence-corrected chi connectivity index (χ4v) is 10.8. The lowest BCUT2D eigenvalue weighted by Gasteiger charge is -2.32. The zero-order valence-electron chi connectivity index (χ0n) is 62.4. The van der Waals surface area contributed by atoms with Crippen LogP contribution in [-0.2, 0) is 76.9 Å². The van der Waals surface area contributed by atoms with Crippen molar-refractivity contribution in [2.24, 2.45) is 45.0 Å². The number of aliphatic carboxylic acids is 1. The Morgan fingerprint density at radius 1 is 0.552 bits per heavy atom. The number of anilines is 1. The molecule has 3 aromatic rings. The molecule has 33 nitrogen and oxygen atoms in total. The number of aliphatic hydroxyl groups is 3. The summed E-state index contributed by atoms with van der Waals surface area (Å²) in [5.74, 6) is -13.1. The van der Waals surface area contributed by atoms with Crippen LogP contribution in [0.3, 0.4) is 0 Å². The topological polar surface area (TPSA) is 531 Å². The van der Waals surface area contributed by atoms with E-state index in [4.69, 9.17) is 21.9 Å². The van der Waals surface area contributed by atoms with Crippen LogP contribution in [0.1, 0.15) is 145 Å². The smallest absolute Gasteiger partial charge is 0.408 e. The summed E-state index contributed by atoms with van der Waals surface area (Å²) < 4.78 is 5.46. The molecule has 0 saturated carbocycles. The molecule has 582 valence electrons. The number of nitrogen functional groups attached to an aromatic ring is 1. The summed E-state index contributed by atoms with van der Waals surface area (Å²) in [4.78, 5) is 176. The van der Waals surface area contributed by atoms with Crippen molar-refractivity contribution in [3.05, 3.63) is 95.8 Å². The second-order valence-corrected chi connectivity index (χ2v) is 29.4. The van der Waals surface area contributed by atoms with Gasteiger partial charge in [-0.15, -0.1) is 0 Å². The molecule has 0 saturated heterocycles. The van der Waals surface area contributed by atoms with Crippen molar-refractivity contribution < 1.29 is 82.7 Å². The highest BCUT2D eigenvalue weighted by Crippen LogP contribution is 2.25. The molecule has 0 aliphatic carbocycles. The van der Waals surface area contributed by atoms with Gasteiger partial charge >= 0.3 is 12.1 Å². The molecule has 0 bridgehead atoms. The number of benzene rings is 2. The second-order valence-electron chi connectivity index (χ2n) is 29.4. The van der Waals surface area contributed by atoms with E-state index in [9.17, 15) is 78.0 Å². The number of carboxylic acid groups (broad SMARTS) is 1. The van der Waals surface area contributed by atoms with Gasteiger partial charge in [0.1, 0.15) is 67.0 Å². The Labute approximate surface area is 613 Å². The van der Waals surface area contributed by atoms with Crippen molar-refractivity contribution in [1.29, 1.82) is 0 Å². The number of aliphatic imine (C=N–C) groups is 1. The predicted molar refractivity (Wildman–Crippen MR) is 391 cm³/mol. The van der Waals surface area contributed by atoms with Crippen LogP contribution in [0.25, 0.3) is 0 Å². The molecule has 1 unspecified atom stereocenters. The van der Waals surface area contributed by atoms with Crippen LogP contribution < -0.4 is 75.7 Å². The van der Waals surface area contributed by atoms with E-state index in [2.05, 4.69) is 68.5 Å². The van der Waals surface area contributed by atoms with Gasteiger partial charge in [-0.3, -0.25) is 57.9 Å². The Bertz CT molecular complexity index is 3400. The summed E-state index contributed by atoms with van der Waals surface area (Å²) in [6, 6.07) is 3.22. The molecule has 0 fully saturated rings. The number of guanidine groups is 1. The summed E-state index contributed by atoms with van der Waals surface area (Å²) >= 11 is 0. The van der Waals surface area contributed by atoms with Crippen molar-refractivity contribution in [2.75, 3.05) is 25.4 Å². The first-order valence-corrected chi connectivity index (χ1v) is 35.1. The average Bonchev–Trinajstić information content (AvgIpc) is 0.871. The maximum atomic E-state index is 15.0. The van der Waals surface area contributed by atoms with E-state index in [0.29, 0.717) is 22.4 Å². The highest BCUT2D eigenvalue weighted by Gasteiger charge is 2.40. The summed E-state index contributed by atoms with van der Waals surface area (Å²) in [5.41, 5.74) is 18.1. The van der Waals surface area contributed by atoms with Crippen LogP contribution in [0.4, 0.5) is 10.5 Å². The van der Waals surface area contributed by atoms with Crippen molar-refractivity contribution in [1.82, 2.24) is 63.5 Å². The number of alkyl carbamates (subject to hydrolysis) is 1. The zero-order chi connectivity index (χ0) is 79.1. The Hall–Kier alpha value is -10.0. The van der Waals surface area contributed by atoms with E-state index in [1.54, 1.807) is 102 Å². The van der Waals surface area contributed by atoms with E-state index >= 15 is 0 Å². The highest BCUT2D eigenvalue weighted by molar-refractivity contribution is 5.99. The van der Waals surface area contributed by atoms with Gasteiger partial charge in [-0.1, -0.05) is 138 Å². The number of ether oxygens (including phenoxy) is 1. The van der Waals surface area contributed by atoms with Gasteiger partial charge in [-0.2, -0.15) is 0 Å². The van der Waals surface area contributed by atoms with Crippen LogP contribution >= 0.6 is 0 Å². The summed E-state index contributed by atoms with van der Waals surface area (Å²) in [6.45, 7) is 20.3. The van der Waals surface area contributed by atoms with Gasteiger partial charge in [0.15, 0.2) is 5.96 Å². The normalized spacial score (nSPS) is 15.2. The van der Waals surface area contributed by atoms with Crippen molar-refractivity contribution in [3.63, 3.8) is 0 Å². The molecular weight excluding hydrogens is 1360 g/mol. The fraction of sp³-hybridized carbons (Fsp3) is 0.583. The molecule has 11 amide bonds. The number of carbonyl (C=O) groups is 12. The van der Waals surface area contributed by atoms with Crippen LogP contribution in [0, 0.1) is 28.6 Å². The summed E-state index contributed by atoms with van der Waals surface area (Å²) in [5, 5.41) is 69.7. The van der Waals surface area contributed by atoms with Crippen LogP contribution in [0.15, 0.2) is 84.1 Å². The number of amides is 11. The van der Waals surface area contributed by atoms with E-state index in [1.807, 2.05) is 47.6 Å². The van der Waals surface area contributed by atoms with E-state index in [-0.39, 0.29) is 76.4 Å². The van der Waals surface area contributed by atoms with Crippen molar-refractivity contribution in [2.45, 2.75) is 221 Å². The molecule has 1 aromatic heterocycles. The summed E-state index contributed by atoms with van der Waals surface area (Å²) in [6.07, 6.45) is -1.56. The average molecular weight is 1470 g/mol. The Kier molecular flexibility index (Phi) is 36.8. The number of pyridine rings is 1. The SMILES string of the molecule is CC[C@H](C)[C@H](NC(=O)[C@@H](CCCN=C(N)N)NC(=O)[C@H](CC(C)C)NC(=O)[C@@H](NC(=O)[C@H](Cc1cccc(N)c1)NC(=O)[C@H](CC(C)(C)C)NC(=O)[C@@H](CC(C)(C)C)NC(=O)OCc1ccccc1)C(O)C(C)C)C(=O)N[C@H](C(=O)NCC(=O)N[C@@H](Cc1cccnc1)C(=O)N[C@@H](CO)C(=O)O)[C@H](C)O. The maximum Gasteiger partial charge on any atom is 0.408 e. The minimum atomic E-state index is -1.82. The fourth-order valence-electron chi connectivity index (χ4n) is 10.8. The molecule has 0 radical (unpaired) electrons. The number of carbonyl (C=O) groups excluding carboxylic acids is 11. The lowest BCUT2D eigenvalue weighted by Crippen LogP contribution is -2.63. The monoisotopic (exact) mass is 1470 g/mol. The number of aliphatic hydroxyl groups excluding tert-OH is 3. The second kappa shape index (κ2) is 43.3. The minimum Gasteiger partial charge on any atom is -0.480 e. The first-order valence-electron chi connectivity index (χ1n) is 35.1. The molecule has 3 rings (SSSR count). The Morgan fingerprint density at radius 2 is 1.05 bits per heavy atom. The number of hydrogen-bond donors (Lipinski definition) is 18. The number of nitrogens with one attached hydrogen (secondary N) is 11. The van der Waals surface area contributed by atoms with Gasteiger partial charge in [0.05, 0.1) is 25.4 Å². The number of nitrogens with zero attached hydrogens (tertiary/aromatic N) is 2. The third-order valence-corrected chi connectivity index (χ3v) is 16.5. The molecule has 1 heterocycles. The maximum absolute atomic E-state index is 15.0. The third kappa shape index (κ3) is 33.1. The van der Waals surface area contributed by atoms with Crippen molar-refractivity contribution >= 4 is 82.8 Å². The number of carboxylic acids is 1.